The molecule has 216 valence electrons. The smallest absolute Gasteiger partial charge is 0.409 e. The van der Waals surface area contributed by atoms with Gasteiger partial charge in [0.25, 0.3) is 11.8 Å². The number of aromatic nitrogens is 4. The van der Waals surface area contributed by atoms with Gasteiger partial charge in [0, 0.05) is 49.3 Å². The molecule has 1 saturated carbocycles. The summed E-state index contributed by atoms with van der Waals surface area (Å²) in [4.78, 5) is 45.1. The molecule has 1 aliphatic carbocycles. The number of benzene rings is 1. The van der Waals surface area contributed by atoms with Gasteiger partial charge >= 0.3 is 6.09 Å². The summed E-state index contributed by atoms with van der Waals surface area (Å²) >= 11 is 0. The first-order chi connectivity index (χ1) is 21.0. The summed E-state index contributed by atoms with van der Waals surface area (Å²) in [5.41, 5.74) is 0.564. The van der Waals surface area contributed by atoms with Gasteiger partial charge in [0.2, 0.25) is 5.91 Å². The van der Waals surface area contributed by atoms with Crippen molar-refractivity contribution in [2.24, 2.45) is 5.92 Å². The predicted molar refractivity (Wildman–Crippen MR) is 146 cm³/mol. The SMILES string of the molecule is [2H]C([2H])([2H])NC(=O)c1nnc(NC(=O)C2CC2)cc1Nc1cccc(-c2nc(CN3CCN(C(=O)OC)CC3)no2)c1OC. The van der Waals surface area contributed by atoms with Gasteiger partial charge in [0.05, 0.1) is 37.7 Å². The van der Waals surface area contributed by atoms with Gasteiger partial charge in [0.15, 0.2) is 23.1 Å². The summed E-state index contributed by atoms with van der Waals surface area (Å²) in [5, 5.41) is 19.5. The number of para-hydroxylation sites is 1. The van der Waals surface area contributed by atoms with Gasteiger partial charge in [-0.3, -0.25) is 14.5 Å². The zero-order chi connectivity index (χ0) is 31.4. The van der Waals surface area contributed by atoms with Crippen LogP contribution in [-0.4, -0.2) is 95.4 Å². The fraction of sp³-hybridized carbons (Fsp3) is 0.423. The molecule has 3 N–H and O–H groups in total. The maximum absolute atomic E-state index is 12.8. The number of carbonyl (C=O) groups is 3. The maximum atomic E-state index is 12.8. The molecule has 1 aliphatic heterocycles. The number of methoxy groups -OCH3 is 2. The van der Waals surface area contributed by atoms with Crippen LogP contribution in [0.5, 0.6) is 5.75 Å². The van der Waals surface area contributed by atoms with Crippen LogP contribution < -0.4 is 20.7 Å². The van der Waals surface area contributed by atoms with Crippen LogP contribution in [0, 0.1) is 5.92 Å². The van der Waals surface area contributed by atoms with Crippen LogP contribution in [0.4, 0.5) is 22.0 Å². The van der Waals surface area contributed by atoms with Gasteiger partial charge in [-0.1, -0.05) is 11.2 Å². The van der Waals surface area contributed by atoms with Crippen LogP contribution in [-0.2, 0) is 16.1 Å². The Bertz CT molecular complexity index is 1540. The van der Waals surface area contributed by atoms with Gasteiger partial charge in [0.1, 0.15) is 0 Å². The number of hydrogen-bond acceptors (Lipinski definition) is 12. The average molecular weight is 569 g/mol. The van der Waals surface area contributed by atoms with Crippen molar-refractivity contribution in [3.63, 3.8) is 0 Å². The molecular formula is C26H31N9O6. The number of hydrogen-bond donors (Lipinski definition) is 3. The molecule has 2 aliphatic rings. The van der Waals surface area contributed by atoms with E-state index in [0.717, 1.165) is 12.8 Å². The van der Waals surface area contributed by atoms with Crippen molar-refractivity contribution < 1.29 is 32.5 Å². The highest BCUT2D eigenvalue weighted by Gasteiger charge is 2.30. The van der Waals surface area contributed by atoms with E-state index < -0.39 is 12.9 Å². The Morgan fingerprint density at radius 3 is 2.63 bits per heavy atom. The highest BCUT2D eigenvalue weighted by molar-refractivity contribution is 6.00. The summed E-state index contributed by atoms with van der Waals surface area (Å²) in [6.45, 7) is -0.108. The largest absolute Gasteiger partial charge is 0.494 e. The molecule has 3 aromatic rings. The molecule has 1 saturated heterocycles. The molecule has 5 rings (SSSR count). The number of nitrogens with one attached hydrogen (secondary N) is 3. The molecule has 15 nitrogen and oxygen atoms in total. The molecule has 0 bridgehead atoms. The molecular weight excluding hydrogens is 534 g/mol. The lowest BCUT2D eigenvalue weighted by atomic mass is 10.1. The zero-order valence-corrected chi connectivity index (χ0v) is 22.5. The van der Waals surface area contributed by atoms with Crippen molar-refractivity contribution in [2.45, 2.75) is 19.4 Å². The minimum atomic E-state index is -2.77. The second kappa shape index (κ2) is 12.2. The Kier molecular flexibility index (Phi) is 7.13. The van der Waals surface area contributed by atoms with E-state index in [0.29, 0.717) is 49.8 Å². The van der Waals surface area contributed by atoms with Crippen LogP contribution in [0.1, 0.15) is 33.3 Å². The molecule has 15 heteroatoms. The Labute approximate surface area is 239 Å². The van der Waals surface area contributed by atoms with Crippen LogP contribution in [0.2, 0.25) is 0 Å². The number of anilines is 3. The highest BCUT2D eigenvalue weighted by Crippen LogP contribution is 2.38. The maximum Gasteiger partial charge on any atom is 0.409 e. The predicted octanol–water partition coefficient (Wildman–Crippen LogP) is 1.87. The summed E-state index contributed by atoms with van der Waals surface area (Å²) in [5.74, 6) is -0.335. The second-order valence-electron chi connectivity index (χ2n) is 9.47. The Morgan fingerprint density at radius 2 is 1.93 bits per heavy atom. The van der Waals surface area contributed by atoms with E-state index in [-0.39, 0.29) is 46.8 Å². The van der Waals surface area contributed by atoms with E-state index in [1.54, 1.807) is 23.1 Å². The molecule has 2 aromatic heterocycles. The van der Waals surface area contributed by atoms with E-state index in [2.05, 4.69) is 35.9 Å². The van der Waals surface area contributed by atoms with Crippen molar-refractivity contribution in [3.8, 4) is 17.2 Å². The Morgan fingerprint density at radius 1 is 1.12 bits per heavy atom. The van der Waals surface area contributed by atoms with E-state index in [1.807, 2.05) is 5.32 Å². The summed E-state index contributed by atoms with van der Waals surface area (Å²) in [6.07, 6.45) is 1.19. The van der Waals surface area contributed by atoms with Crippen LogP contribution in [0.25, 0.3) is 11.5 Å². The van der Waals surface area contributed by atoms with E-state index >= 15 is 0 Å². The minimum absolute atomic E-state index is 0.0700. The summed E-state index contributed by atoms with van der Waals surface area (Å²) in [7, 11) is 2.79. The molecule has 41 heavy (non-hydrogen) atoms. The molecule has 0 unspecified atom stereocenters. The lowest BCUT2D eigenvalue weighted by Crippen LogP contribution is -2.48. The third-order valence-corrected chi connectivity index (χ3v) is 6.68. The van der Waals surface area contributed by atoms with Crippen LogP contribution in [0.15, 0.2) is 28.8 Å². The van der Waals surface area contributed by atoms with Crippen LogP contribution >= 0.6 is 0 Å². The third kappa shape index (κ3) is 6.35. The second-order valence-corrected chi connectivity index (χ2v) is 9.47. The topological polar surface area (TPSA) is 177 Å². The Balaban J connectivity index is 1.37. The van der Waals surface area contributed by atoms with Crippen molar-refractivity contribution in [3.05, 3.63) is 35.8 Å². The fourth-order valence-corrected chi connectivity index (χ4v) is 4.36. The third-order valence-electron chi connectivity index (χ3n) is 6.68. The minimum Gasteiger partial charge on any atom is -0.494 e. The number of carbonyl (C=O) groups excluding carboxylic acids is 3. The van der Waals surface area contributed by atoms with Gasteiger partial charge < -0.3 is 34.8 Å². The average Bonchev–Trinajstić information content (AvgIpc) is 3.75. The van der Waals surface area contributed by atoms with Crippen molar-refractivity contribution in [2.75, 3.05) is 58.0 Å². The van der Waals surface area contributed by atoms with Gasteiger partial charge in [-0.2, -0.15) is 4.98 Å². The monoisotopic (exact) mass is 568 g/mol. The molecule has 0 atom stereocenters. The molecule has 0 spiro atoms. The zero-order valence-electron chi connectivity index (χ0n) is 25.5. The van der Waals surface area contributed by atoms with Gasteiger partial charge in [-0.15, -0.1) is 10.2 Å². The lowest BCUT2D eigenvalue weighted by molar-refractivity contribution is -0.117. The first kappa shape index (κ1) is 24.0. The highest BCUT2D eigenvalue weighted by atomic mass is 16.5. The van der Waals surface area contributed by atoms with Gasteiger partial charge in [-0.25, -0.2) is 4.79 Å². The molecule has 3 heterocycles. The number of piperazine rings is 1. The number of ether oxygens (including phenoxy) is 2. The Hall–Kier alpha value is -4.79. The van der Waals surface area contributed by atoms with E-state index in [4.69, 9.17) is 18.1 Å². The van der Waals surface area contributed by atoms with E-state index in [1.165, 1.54) is 20.3 Å². The molecule has 1 aromatic carbocycles. The standard InChI is InChI=1S/C26H31N9O6/c1-27-24(37)21-18(13-19(31-32-21)29-23(36)15-7-8-15)28-17-6-4-5-16(22(17)39-2)25-30-20(33-41-25)14-34-9-11-35(12-10-34)26(38)40-3/h4-6,13,15H,7-12,14H2,1-3H3,(H,27,37)(H2,28,29,31,36)/i1D3. The molecule has 3 amide bonds. The quantitative estimate of drug-likeness (QED) is 0.342. The summed E-state index contributed by atoms with van der Waals surface area (Å²) < 4.78 is 38.2. The van der Waals surface area contributed by atoms with Crippen molar-refractivity contribution in [1.29, 1.82) is 0 Å². The van der Waals surface area contributed by atoms with Gasteiger partial charge in [-0.05, 0) is 25.0 Å². The number of amides is 3. The summed E-state index contributed by atoms with van der Waals surface area (Å²) in [6, 6.07) is 6.46. The molecule has 0 radical (unpaired) electrons. The molecule has 2 fully saturated rings. The number of rotatable bonds is 9. The lowest BCUT2D eigenvalue weighted by Gasteiger charge is -2.32. The normalized spacial score (nSPS) is 16.6. The first-order valence-corrected chi connectivity index (χ1v) is 12.9. The van der Waals surface area contributed by atoms with E-state index in [9.17, 15) is 14.4 Å². The van der Waals surface area contributed by atoms with Crippen molar-refractivity contribution >= 4 is 35.1 Å². The van der Waals surface area contributed by atoms with Crippen LogP contribution in [0.3, 0.4) is 0 Å². The number of nitrogens with zero attached hydrogens (tertiary/aromatic N) is 6. The fourth-order valence-electron chi connectivity index (χ4n) is 4.36. The first-order valence-electron chi connectivity index (χ1n) is 14.4. The van der Waals surface area contributed by atoms with Crippen molar-refractivity contribution in [1.82, 2.24) is 35.5 Å².